The van der Waals surface area contributed by atoms with Gasteiger partial charge in [-0.15, -0.1) is 0 Å². The summed E-state index contributed by atoms with van der Waals surface area (Å²) in [7, 11) is 0. The molecule has 3 rings (SSSR count). The van der Waals surface area contributed by atoms with Crippen LogP contribution < -0.4 is 10.5 Å². The summed E-state index contributed by atoms with van der Waals surface area (Å²) >= 11 is 5.93. The minimum atomic E-state index is -0.407. The Hall–Kier alpha value is -2.33. The van der Waals surface area contributed by atoms with E-state index < -0.39 is 5.82 Å². The molecule has 0 saturated heterocycles. The molecule has 5 heteroatoms. The maximum absolute atomic E-state index is 13.3. The Balaban J connectivity index is 2.09. The van der Waals surface area contributed by atoms with E-state index in [1.165, 1.54) is 18.2 Å². The zero-order valence-corrected chi connectivity index (χ0v) is 11.1. The maximum Gasteiger partial charge on any atom is 0.153 e. The lowest BCUT2D eigenvalue weighted by atomic mass is 10.2. The summed E-state index contributed by atoms with van der Waals surface area (Å²) in [5.74, 6) is 0.409. The van der Waals surface area contributed by atoms with Gasteiger partial charge in [-0.3, -0.25) is 4.98 Å². The van der Waals surface area contributed by atoms with E-state index in [1.807, 2.05) is 0 Å². The van der Waals surface area contributed by atoms with Crippen LogP contribution in [0.1, 0.15) is 0 Å². The molecule has 0 unspecified atom stereocenters. The van der Waals surface area contributed by atoms with Crippen LogP contribution in [0.15, 0.2) is 48.7 Å². The fourth-order valence-corrected chi connectivity index (χ4v) is 2.07. The normalized spacial score (nSPS) is 10.7. The highest BCUT2D eigenvalue weighted by atomic mass is 35.5. The first-order valence-corrected chi connectivity index (χ1v) is 6.28. The third-order valence-corrected chi connectivity index (χ3v) is 3.10. The number of hydrogen-bond acceptors (Lipinski definition) is 3. The summed E-state index contributed by atoms with van der Waals surface area (Å²) in [6, 6.07) is 11.0. The van der Waals surface area contributed by atoms with Crippen LogP contribution in [0.25, 0.3) is 10.9 Å². The molecule has 1 heterocycles. The fraction of sp³-hybridized carbons (Fsp3) is 0. The van der Waals surface area contributed by atoms with Crippen molar-refractivity contribution in [3.05, 3.63) is 59.5 Å². The summed E-state index contributed by atoms with van der Waals surface area (Å²) in [4.78, 5) is 4.21. The number of hydrogen-bond donors (Lipinski definition) is 1. The molecule has 3 nitrogen and oxygen atoms in total. The molecule has 0 radical (unpaired) electrons. The van der Waals surface area contributed by atoms with E-state index in [-0.39, 0.29) is 5.75 Å². The van der Waals surface area contributed by atoms with Crippen LogP contribution in [0.4, 0.5) is 10.1 Å². The van der Waals surface area contributed by atoms with Crippen LogP contribution in [-0.4, -0.2) is 4.98 Å². The smallest absolute Gasteiger partial charge is 0.153 e. The third kappa shape index (κ3) is 2.38. The van der Waals surface area contributed by atoms with Gasteiger partial charge < -0.3 is 10.5 Å². The molecule has 2 N–H and O–H groups in total. The topological polar surface area (TPSA) is 48.1 Å². The van der Waals surface area contributed by atoms with E-state index in [0.717, 1.165) is 5.39 Å². The van der Waals surface area contributed by atoms with Gasteiger partial charge in [-0.05, 0) is 36.4 Å². The van der Waals surface area contributed by atoms with Crippen molar-refractivity contribution < 1.29 is 9.13 Å². The average molecular weight is 289 g/mol. The summed E-state index contributed by atoms with van der Waals surface area (Å²) < 4.78 is 18.9. The number of anilines is 1. The molecule has 1 aromatic heterocycles. The fourth-order valence-electron chi connectivity index (χ4n) is 1.90. The molecule has 0 amide bonds. The van der Waals surface area contributed by atoms with E-state index in [9.17, 15) is 4.39 Å². The predicted octanol–water partition coefficient (Wildman–Crippen LogP) is 4.40. The van der Waals surface area contributed by atoms with Crippen molar-refractivity contribution in [3.8, 4) is 11.5 Å². The zero-order chi connectivity index (χ0) is 14.1. The average Bonchev–Trinajstić information content (AvgIpc) is 2.43. The first-order chi connectivity index (χ1) is 9.63. The van der Waals surface area contributed by atoms with Crippen LogP contribution >= 0.6 is 11.6 Å². The zero-order valence-electron chi connectivity index (χ0n) is 10.3. The molecule has 0 aliphatic rings. The predicted molar refractivity (Wildman–Crippen MR) is 77.6 cm³/mol. The molecular formula is C15H10ClFN2O. The van der Waals surface area contributed by atoms with Gasteiger partial charge in [-0.25, -0.2) is 4.39 Å². The number of halogens is 2. The number of benzene rings is 2. The molecule has 0 saturated carbocycles. The molecule has 3 aromatic rings. The van der Waals surface area contributed by atoms with Crippen molar-refractivity contribution in [2.24, 2.45) is 0 Å². The van der Waals surface area contributed by atoms with Crippen LogP contribution in [0.3, 0.4) is 0 Å². The van der Waals surface area contributed by atoms with Gasteiger partial charge in [-0.1, -0.05) is 11.6 Å². The number of rotatable bonds is 2. The first kappa shape index (κ1) is 12.7. The highest BCUT2D eigenvalue weighted by Crippen LogP contribution is 2.33. The lowest BCUT2D eigenvalue weighted by molar-refractivity contribution is 0.484. The van der Waals surface area contributed by atoms with Gasteiger partial charge in [0.2, 0.25) is 0 Å². The van der Waals surface area contributed by atoms with Gasteiger partial charge in [0.05, 0.1) is 11.2 Å². The summed E-state index contributed by atoms with van der Waals surface area (Å²) in [5.41, 5.74) is 6.84. The Kier molecular flexibility index (Phi) is 3.16. The molecule has 0 fully saturated rings. The number of aromatic nitrogens is 1. The molecule has 0 spiro atoms. The SMILES string of the molecule is Nc1ccc(F)cc1Oc1ccnc2cc(Cl)ccc12. The highest BCUT2D eigenvalue weighted by Gasteiger charge is 2.08. The van der Waals surface area contributed by atoms with Crippen LogP contribution in [-0.2, 0) is 0 Å². The van der Waals surface area contributed by atoms with Crippen LogP contribution in [0, 0.1) is 5.82 Å². The molecule has 20 heavy (non-hydrogen) atoms. The van der Waals surface area contributed by atoms with Crippen molar-refractivity contribution in [2.75, 3.05) is 5.73 Å². The van der Waals surface area contributed by atoms with E-state index >= 15 is 0 Å². The van der Waals surface area contributed by atoms with Crippen LogP contribution in [0.5, 0.6) is 11.5 Å². The second kappa shape index (κ2) is 4.98. The quantitative estimate of drug-likeness (QED) is 0.711. The van der Waals surface area contributed by atoms with Crippen molar-refractivity contribution in [3.63, 3.8) is 0 Å². The van der Waals surface area contributed by atoms with Gasteiger partial charge in [0, 0.05) is 22.7 Å². The summed E-state index contributed by atoms with van der Waals surface area (Å²) in [5, 5.41) is 1.37. The van der Waals surface area contributed by atoms with Gasteiger partial charge in [0.15, 0.2) is 5.75 Å². The van der Waals surface area contributed by atoms with E-state index in [4.69, 9.17) is 22.1 Å². The first-order valence-electron chi connectivity index (χ1n) is 5.90. The van der Waals surface area contributed by atoms with Crippen LogP contribution in [0.2, 0.25) is 5.02 Å². The number of nitrogen functional groups attached to an aromatic ring is 1. The second-order valence-corrected chi connectivity index (χ2v) is 4.69. The Labute approximate surface area is 119 Å². The maximum atomic E-state index is 13.3. The minimum absolute atomic E-state index is 0.271. The molecule has 0 aliphatic heterocycles. The van der Waals surface area contributed by atoms with Gasteiger partial charge >= 0.3 is 0 Å². The van der Waals surface area contributed by atoms with Gasteiger partial charge in [0.1, 0.15) is 11.6 Å². The molecule has 0 bridgehead atoms. The van der Waals surface area contributed by atoms with E-state index in [0.29, 0.717) is 22.0 Å². The lowest BCUT2D eigenvalue weighted by Gasteiger charge is -2.10. The number of fused-ring (bicyclic) bond motifs is 1. The summed E-state index contributed by atoms with van der Waals surface area (Å²) in [6.45, 7) is 0. The lowest BCUT2D eigenvalue weighted by Crippen LogP contribution is -1.94. The second-order valence-electron chi connectivity index (χ2n) is 4.25. The number of nitrogens with zero attached hydrogens (tertiary/aromatic N) is 1. The number of ether oxygens (including phenoxy) is 1. The van der Waals surface area contributed by atoms with Gasteiger partial charge in [-0.2, -0.15) is 0 Å². The standard InChI is InChI=1S/C15H10ClFN2O/c16-9-1-3-11-13(7-9)19-6-5-14(11)20-15-8-10(17)2-4-12(15)18/h1-8H,18H2. The van der Waals surface area contributed by atoms with Gasteiger partial charge in [0.25, 0.3) is 0 Å². The van der Waals surface area contributed by atoms with E-state index in [2.05, 4.69) is 4.98 Å². The summed E-state index contributed by atoms with van der Waals surface area (Å²) in [6.07, 6.45) is 1.60. The van der Waals surface area contributed by atoms with Crippen molar-refractivity contribution >= 4 is 28.2 Å². The Morgan fingerprint density at radius 2 is 1.90 bits per heavy atom. The Morgan fingerprint density at radius 3 is 2.75 bits per heavy atom. The largest absolute Gasteiger partial charge is 0.454 e. The monoisotopic (exact) mass is 288 g/mol. The molecular weight excluding hydrogens is 279 g/mol. The Morgan fingerprint density at radius 1 is 1.05 bits per heavy atom. The van der Waals surface area contributed by atoms with Crippen molar-refractivity contribution in [1.82, 2.24) is 4.98 Å². The minimum Gasteiger partial charge on any atom is -0.454 e. The molecule has 100 valence electrons. The Bertz CT molecular complexity index is 792. The third-order valence-electron chi connectivity index (χ3n) is 2.86. The highest BCUT2D eigenvalue weighted by molar-refractivity contribution is 6.31. The molecule has 2 aromatic carbocycles. The number of nitrogens with two attached hydrogens (primary N) is 1. The van der Waals surface area contributed by atoms with E-state index in [1.54, 1.807) is 30.5 Å². The molecule has 0 aliphatic carbocycles. The molecule has 0 atom stereocenters. The van der Waals surface area contributed by atoms with Crippen molar-refractivity contribution in [2.45, 2.75) is 0 Å². The number of pyridine rings is 1. The van der Waals surface area contributed by atoms with Crippen molar-refractivity contribution in [1.29, 1.82) is 0 Å².